The third-order valence-electron chi connectivity index (χ3n) is 3.28. The van der Waals surface area contributed by atoms with Crippen molar-refractivity contribution in [2.45, 2.75) is 26.4 Å². The summed E-state index contributed by atoms with van der Waals surface area (Å²) in [5.74, 6) is 0.0232. The van der Waals surface area contributed by atoms with E-state index in [1.54, 1.807) is 11.3 Å². The summed E-state index contributed by atoms with van der Waals surface area (Å²) in [6.07, 6.45) is 2.15. The highest BCUT2D eigenvalue weighted by Gasteiger charge is 2.11. The Morgan fingerprint density at radius 2 is 2.14 bits per heavy atom. The van der Waals surface area contributed by atoms with Crippen LogP contribution in [0.2, 0.25) is 0 Å². The van der Waals surface area contributed by atoms with Crippen LogP contribution in [0.4, 0.5) is 0 Å². The summed E-state index contributed by atoms with van der Waals surface area (Å²) >= 11 is 1.55. The fourth-order valence-corrected chi connectivity index (χ4v) is 3.34. The standard InChI is InChI=1S/C17H17NO3S/c1-11(2)21-15-5-3-4-12(6-15)13-7-16-18(9-13)14(10-22-16)8-17(19)20/h3-7,9-11H,8H2,1-2H3,(H,19,20). The van der Waals surface area contributed by atoms with Crippen LogP contribution in [0.5, 0.6) is 5.75 Å². The van der Waals surface area contributed by atoms with E-state index in [-0.39, 0.29) is 12.5 Å². The molecule has 2 aromatic heterocycles. The van der Waals surface area contributed by atoms with Crippen LogP contribution < -0.4 is 4.74 Å². The summed E-state index contributed by atoms with van der Waals surface area (Å²) in [4.78, 5) is 12.0. The van der Waals surface area contributed by atoms with Crippen LogP contribution >= 0.6 is 11.3 Å². The Labute approximate surface area is 132 Å². The number of thiazole rings is 1. The third-order valence-corrected chi connectivity index (χ3v) is 4.23. The fourth-order valence-electron chi connectivity index (χ4n) is 2.40. The van der Waals surface area contributed by atoms with E-state index in [9.17, 15) is 4.79 Å². The molecular formula is C17H17NO3S. The van der Waals surface area contributed by atoms with Gasteiger partial charge in [-0.2, -0.15) is 0 Å². The van der Waals surface area contributed by atoms with Crippen LogP contribution in [0.15, 0.2) is 41.9 Å². The predicted octanol–water partition coefficient (Wildman–Crippen LogP) is 4.08. The van der Waals surface area contributed by atoms with Crippen LogP contribution in [0.3, 0.4) is 0 Å². The minimum atomic E-state index is -0.817. The monoisotopic (exact) mass is 315 g/mol. The van der Waals surface area contributed by atoms with Crippen molar-refractivity contribution in [3.05, 3.63) is 47.6 Å². The van der Waals surface area contributed by atoms with Gasteiger partial charge in [-0.3, -0.25) is 4.79 Å². The molecule has 0 bridgehead atoms. The number of ether oxygens (including phenoxy) is 1. The average molecular weight is 315 g/mol. The molecule has 1 aromatic carbocycles. The molecule has 0 aliphatic carbocycles. The number of hydrogen-bond acceptors (Lipinski definition) is 3. The molecule has 5 heteroatoms. The molecule has 0 spiro atoms. The van der Waals surface area contributed by atoms with E-state index in [1.165, 1.54) is 0 Å². The van der Waals surface area contributed by atoms with Gasteiger partial charge < -0.3 is 14.2 Å². The molecule has 3 rings (SSSR count). The van der Waals surface area contributed by atoms with Crippen molar-refractivity contribution in [1.29, 1.82) is 0 Å². The maximum absolute atomic E-state index is 10.9. The normalized spacial score (nSPS) is 11.2. The van der Waals surface area contributed by atoms with Crippen LogP contribution in [-0.2, 0) is 11.2 Å². The molecule has 0 unspecified atom stereocenters. The summed E-state index contributed by atoms with van der Waals surface area (Å²) in [7, 11) is 0. The topological polar surface area (TPSA) is 50.9 Å². The van der Waals surface area contributed by atoms with Crippen molar-refractivity contribution >= 4 is 22.1 Å². The molecule has 4 nitrogen and oxygen atoms in total. The Hall–Kier alpha value is -2.27. The van der Waals surface area contributed by atoms with E-state index < -0.39 is 5.97 Å². The van der Waals surface area contributed by atoms with E-state index in [0.717, 1.165) is 27.4 Å². The summed E-state index contributed by atoms with van der Waals surface area (Å²) < 4.78 is 7.67. The number of benzene rings is 1. The molecule has 0 radical (unpaired) electrons. The van der Waals surface area contributed by atoms with Gasteiger partial charge in [0.25, 0.3) is 0 Å². The minimum absolute atomic E-state index is 0.0324. The Morgan fingerprint density at radius 3 is 2.86 bits per heavy atom. The number of carboxylic acids is 1. The Balaban J connectivity index is 1.96. The zero-order chi connectivity index (χ0) is 15.7. The molecule has 0 amide bonds. The molecule has 0 saturated heterocycles. The molecule has 0 fully saturated rings. The number of hydrogen-bond donors (Lipinski definition) is 1. The van der Waals surface area contributed by atoms with E-state index >= 15 is 0 Å². The maximum Gasteiger partial charge on any atom is 0.309 e. The van der Waals surface area contributed by atoms with Gasteiger partial charge in [-0.15, -0.1) is 11.3 Å². The molecule has 0 saturated carbocycles. The number of aromatic nitrogens is 1. The van der Waals surface area contributed by atoms with Gasteiger partial charge in [0, 0.05) is 22.8 Å². The van der Waals surface area contributed by atoms with Gasteiger partial charge in [-0.25, -0.2) is 0 Å². The van der Waals surface area contributed by atoms with Crippen molar-refractivity contribution in [3.8, 4) is 16.9 Å². The molecule has 114 valence electrons. The van der Waals surface area contributed by atoms with E-state index in [2.05, 4.69) is 6.07 Å². The SMILES string of the molecule is CC(C)Oc1cccc(-c2cc3scc(CC(=O)O)n3c2)c1. The maximum atomic E-state index is 10.9. The lowest BCUT2D eigenvalue weighted by Gasteiger charge is -2.10. The summed E-state index contributed by atoms with van der Waals surface area (Å²) in [5, 5.41) is 10.9. The van der Waals surface area contributed by atoms with Crippen molar-refractivity contribution in [2.75, 3.05) is 0 Å². The van der Waals surface area contributed by atoms with Crippen molar-refractivity contribution in [1.82, 2.24) is 4.40 Å². The zero-order valence-corrected chi connectivity index (χ0v) is 13.3. The predicted molar refractivity (Wildman–Crippen MR) is 87.8 cm³/mol. The van der Waals surface area contributed by atoms with Gasteiger partial charge in [0.2, 0.25) is 0 Å². The quantitative estimate of drug-likeness (QED) is 0.772. The number of carbonyl (C=O) groups is 1. The highest BCUT2D eigenvalue weighted by atomic mass is 32.1. The van der Waals surface area contributed by atoms with E-state index in [0.29, 0.717) is 0 Å². The lowest BCUT2D eigenvalue weighted by Crippen LogP contribution is -2.05. The van der Waals surface area contributed by atoms with Gasteiger partial charge in [0.15, 0.2) is 0 Å². The fraction of sp³-hybridized carbons (Fsp3) is 0.235. The number of aliphatic carboxylic acids is 1. The minimum Gasteiger partial charge on any atom is -0.491 e. The van der Waals surface area contributed by atoms with Crippen molar-refractivity contribution in [3.63, 3.8) is 0 Å². The van der Waals surface area contributed by atoms with E-state index in [1.807, 2.05) is 54.1 Å². The number of nitrogens with zero attached hydrogens (tertiary/aromatic N) is 1. The van der Waals surface area contributed by atoms with Crippen LogP contribution in [-0.4, -0.2) is 21.6 Å². The van der Waals surface area contributed by atoms with Gasteiger partial charge >= 0.3 is 5.97 Å². The van der Waals surface area contributed by atoms with Crippen LogP contribution in [0.1, 0.15) is 19.5 Å². The molecule has 0 aliphatic heterocycles. The van der Waals surface area contributed by atoms with Crippen LogP contribution in [0.25, 0.3) is 16.0 Å². The van der Waals surface area contributed by atoms with Crippen molar-refractivity contribution in [2.24, 2.45) is 0 Å². The molecule has 0 aliphatic rings. The Bertz CT molecular complexity index is 816. The molecule has 0 atom stereocenters. The summed E-state index contributed by atoms with van der Waals surface area (Å²) in [6, 6.07) is 10.0. The van der Waals surface area contributed by atoms with Gasteiger partial charge in [-0.05, 0) is 37.6 Å². The second-order valence-corrected chi connectivity index (χ2v) is 6.32. The van der Waals surface area contributed by atoms with Crippen LogP contribution in [0, 0.1) is 0 Å². The second kappa shape index (κ2) is 5.85. The lowest BCUT2D eigenvalue weighted by molar-refractivity contribution is -0.136. The molecule has 22 heavy (non-hydrogen) atoms. The average Bonchev–Trinajstić information content (AvgIpc) is 3.00. The van der Waals surface area contributed by atoms with Gasteiger partial charge in [-0.1, -0.05) is 12.1 Å². The summed E-state index contributed by atoms with van der Waals surface area (Å²) in [5.41, 5.74) is 2.93. The molecule has 2 heterocycles. The lowest BCUT2D eigenvalue weighted by atomic mass is 10.1. The number of rotatable bonds is 5. The molecule has 1 N–H and O–H groups in total. The largest absolute Gasteiger partial charge is 0.491 e. The molecular weight excluding hydrogens is 298 g/mol. The zero-order valence-electron chi connectivity index (χ0n) is 12.4. The third kappa shape index (κ3) is 2.99. The Morgan fingerprint density at radius 1 is 1.32 bits per heavy atom. The first-order valence-corrected chi connectivity index (χ1v) is 7.98. The van der Waals surface area contributed by atoms with E-state index in [4.69, 9.17) is 9.84 Å². The number of fused-ring (bicyclic) bond motifs is 1. The first kappa shape index (κ1) is 14.7. The molecule has 3 aromatic rings. The summed E-state index contributed by atoms with van der Waals surface area (Å²) in [6.45, 7) is 4.00. The number of carboxylic acid groups (broad SMARTS) is 1. The van der Waals surface area contributed by atoms with Gasteiger partial charge in [0.05, 0.1) is 17.4 Å². The first-order chi connectivity index (χ1) is 10.5. The van der Waals surface area contributed by atoms with Gasteiger partial charge in [0.1, 0.15) is 5.75 Å². The first-order valence-electron chi connectivity index (χ1n) is 7.10. The highest BCUT2D eigenvalue weighted by Crippen LogP contribution is 2.29. The highest BCUT2D eigenvalue weighted by molar-refractivity contribution is 7.15. The smallest absolute Gasteiger partial charge is 0.309 e. The van der Waals surface area contributed by atoms with Crippen molar-refractivity contribution < 1.29 is 14.6 Å². The Kier molecular flexibility index (Phi) is 3.90. The second-order valence-electron chi connectivity index (χ2n) is 5.43.